The van der Waals surface area contributed by atoms with Gasteiger partial charge in [0, 0.05) is 17.6 Å². The zero-order valence-corrected chi connectivity index (χ0v) is 12.3. The molecule has 6 nitrogen and oxygen atoms in total. The number of benzene rings is 1. The number of aromatic carboxylic acids is 1. The van der Waals surface area contributed by atoms with Gasteiger partial charge in [-0.2, -0.15) is 0 Å². The molecule has 0 unspecified atom stereocenters. The predicted octanol–water partition coefficient (Wildman–Crippen LogP) is 2.14. The summed E-state index contributed by atoms with van der Waals surface area (Å²) in [6, 6.07) is 4.25. The maximum atomic E-state index is 12.1. The summed E-state index contributed by atoms with van der Waals surface area (Å²) in [5.74, 6) is -1.10. The van der Waals surface area contributed by atoms with E-state index >= 15 is 0 Å². The van der Waals surface area contributed by atoms with Gasteiger partial charge < -0.3 is 20.4 Å². The minimum Gasteiger partial charge on any atom is -0.478 e. The highest BCUT2D eigenvalue weighted by atomic mass is 79.9. The van der Waals surface area contributed by atoms with Gasteiger partial charge in [-0.3, -0.25) is 0 Å². The number of aliphatic hydroxyl groups is 1. The number of carbonyl (C=O) groups excluding carboxylic acids is 1. The molecule has 2 rings (SSSR count). The fourth-order valence-electron chi connectivity index (χ4n) is 2.07. The molecule has 0 bridgehead atoms. The van der Waals surface area contributed by atoms with E-state index in [2.05, 4.69) is 21.2 Å². The molecule has 1 aliphatic heterocycles. The second-order valence-corrected chi connectivity index (χ2v) is 5.56. The van der Waals surface area contributed by atoms with E-state index in [4.69, 9.17) is 5.11 Å². The van der Waals surface area contributed by atoms with Crippen molar-refractivity contribution in [2.75, 3.05) is 18.4 Å². The molecule has 1 aliphatic rings. The first kappa shape index (κ1) is 14.8. The van der Waals surface area contributed by atoms with Gasteiger partial charge in [-0.05, 0) is 31.0 Å². The van der Waals surface area contributed by atoms with Crippen molar-refractivity contribution in [1.29, 1.82) is 0 Å². The van der Waals surface area contributed by atoms with Crippen LogP contribution in [0.25, 0.3) is 0 Å². The van der Waals surface area contributed by atoms with Crippen molar-refractivity contribution in [2.24, 2.45) is 0 Å². The van der Waals surface area contributed by atoms with E-state index in [1.54, 1.807) is 17.0 Å². The summed E-state index contributed by atoms with van der Waals surface area (Å²) in [4.78, 5) is 24.8. The van der Waals surface area contributed by atoms with Gasteiger partial charge in [0.25, 0.3) is 0 Å². The lowest BCUT2D eigenvalue weighted by Crippen LogP contribution is -2.42. The van der Waals surface area contributed by atoms with Crippen LogP contribution in [-0.2, 0) is 0 Å². The average molecular weight is 343 g/mol. The van der Waals surface area contributed by atoms with Gasteiger partial charge in [0.1, 0.15) is 0 Å². The normalized spacial score (nSPS) is 16.0. The first-order valence-electron chi connectivity index (χ1n) is 6.24. The quantitative estimate of drug-likeness (QED) is 0.767. The molecule has 0 atom stereocenters. The van der Waals surface area contributed by atoms with E-state index in [1.165, 1.54) is 6.07 Å². The highest BCUT2D eigenvalue weighted by Gasteiger charge is 2.22. The predicted molar refractivity (Wildman–Crippen MR) is 76.9 cm³/mol. The average Bonchev–Trinajstić information content (AvgIpc) is 2.39. The molecule has 0 saturated carbocycles. The minimum atomic E-state index is -1.10. The molecular formula is C13H15BrN2O4. The lowest BCUT2D eigenvalue weighted by atomic mass is 10.1. The van der Waals surface area contributed by atoms with Crippen LogP contribution in [0.15, 0.2) is 22.7 Å². The number of carboxylic acid groups (broad SMARTS) is 1. The van der Waals surface area contributed by atoms with Crippen molar-refractivity contribution in [1.82, 2.24) is 4.90 Å². The molecule has 0 aliphatic carbocycles. The largest absolute Gasteiger partial charge is 0.478 e. The molecular weight excluding hydrogens is 328 g/mol. The maximum Gasteiger partial charge on any atom is 0.337 e. The third-order valence-corrected chi connectivity index (χ3v) is 3.70. The van der Waals surface area contributed by atoms with E-state index < -0.39 is 5.97 Å². The number of urea groups is 1. The molecule has 0 aromatic heterocycles. The van der Waals surface area contributed by atoms with E-state index in [0.717, 1.165) is 0 Å². The summed E-state index contributed by atoms with van der Waals surface area (Å²) in [5, 5.41) is 21.1. The Morgan fingerprint density at radius 3 is 2.55 bits per heavy atom. The van der Waals surface area contributed by atoms with Crippen LogP contribution < -0.4 is 5.32 Å². The topological polar surface area (TPSA) is 89.9 Å². The lowest BCUT2D eigenvalue weighted by Gasteiger charge is -2.29. The number of amides is 2. The number of likely N-dealkylation sites (tertiary alicyclic amines) is 1. The van der Waals surface area contributed by atoms with Crippen LogP contribution >= 0.6 is 15.9 Å². The summed E-state index contributed by atoms with van der Waals surface area (Å²) in [6.07, 6.45) is 0.717. The van der Waals surface area contributed by atoms with Gasteiger partial charge in [-0.25, -0.2) is 9.59 Å². The summed E-state index contributed by atoms with van der Waals surface area (Å²) in [5.41, 5.74) is 0.293. The van der Waals surface area contributed by atoms with Crippen LogP contribution in [0.3, 0.4) is 0 Å². The Bertz CT molecular complexity index is 527. The Labute approximate surface area is 124 Å². The molecule has 1 heterocycles. The van der Waals surface area contributed by atoms with E-state index in [-0.39, 0.29) is 23.4 Å². The van der Waals surface area contributed by atoms with Gasteiger partial charge in [0.15, 0.2) is 0 Å². The number of piperidine rings is 1. The zero-order chi connectivity index (χ0) is 14.7. The van der Waals surface area contributed by atoms with E-state index in [1.807, 2.05) is 0 Å². The lowest BCUT2D eigenvalue weighted by molar-refractivity contribution is 0.0698. The Morgan fingerprint density at radius 1 is 1.30 bits per heavy atom. The van der Waals surface area contributed by atoms with Crippen molar-refractivity contribution in [3.05, 3.63) is 28.2 Å². The molecule has 3 N–H and O–H groups in total. The molecule has 1 fully saturated rings. The third-order valence-electron chi connectivity index (χ3n) is 3.21. The number of nitrogens with zero attached hydrogens (tertiary/aromatic N) is 1. The number of carboxylic acids is 1. The van der Waals surface area contributed by atoms with Crippen LogP contribution in [0.2, 0.25) is 0 Å². The van der Waals surface area contributed by atoms with Crippen molar-refractivity contribution >= 4 is 33.6 Å². The first-order valence-corrected chi connectivity index (χ1v) is 7.03. The number of carbonyl (C=O) groups is 2. The van der Waals surface area contributed by atoms with Gasteiger partial charge in [-0.15, -0.1) is 0 Å². The number of halogens is 1. The Morgan fingerprint density at radius 2 is 1.95 bits per heavy atom. The Kier molecular flexibility index (Phi) is 4.61. The summed E-state index contributed by atoms with van der Waals surface area (Å²) in [7, 11) is 0. The number of aliphatic hydroxyl groups excluding tert-OH is 1. The monoisotopic (exact) mass is 342 g/mol. The Balaban J connectivity index is 2.11. The zero-order valence-electron chi connectivity index (χ0n) is 10.7. The SMILES string of the molecule is O=C(O)c1ccc(Br)cc1NC(=O)N1CCC(O)CC1. The summed E-state index contributed by atoms with van der Waals surface area (Å²) < 4.78 is 0.687. The highest BCUT2D eigenvalue weighted by molar-refractivity contribution is 9.10. The highest BCUT2D eigenvalue weighted by Crippen LogP contribution is 2.22. The smallest absolute Gasteiger partial charge is 0.337 e. The van der Waals surface area contributed by atoms with Crippen LogP contribution in [0.5, 0.6) is 0 Å². The van der Waals surface area contributed by atoms with Crippen LogP contribution in [0.4, 0.5) is 10.5 Å². The molecule has 7 heteroatoms. The molecule has 1 aromatic rings. The number of hydrogen-bond acceptors (Lipinski definition) is 3. The molecule has 20 heavy (non-hydrogen) atoms. The van der Waals surface area contributed by atoms with Gasteiger partial charge in [0.05, 0.1) is 17.4 Å². The molecule has 1 aromatic carbocycles. The molecule has 0 spiro atoms. The fourth-order valence-corrected chi connectivity index (χ4v) is 2.43. The molecule has 1 saturated heterocycles. The van der Waals surface area contributed by atoms with Crippen molar-refractivity contribution in [2.45, 2.75) is 18.9 Å². The number of nitrogens with one attached hydrogen (secondary N) is 1. The van der Waals surface area contributed by atoms with E-state index in [9.17, 15) is 14.7 Å². The maximum absolute atomic E-state index is 12.1. The number of anilines is 1. The second kappa shape index (κ2) is 6.23. The number of hydrogen-bond donors (Lipinski definition) is 3. The van der Waals surface area contributed by atoms with E-state index in [0.29, 0.717) is 30.4 Å². The standard InChI is InChI=1S/C13H15BrN2O4/c14-8-1-2-10(12(18)19)11(7-8)15-13(20)16-5-3-9(17)4-6-16/h1-2,7,9,17H,3-6H2,(H,15,20)(H,18,19). The first-order chi connectivity index (χ1) is 9.47. The van der Waals surface area contributed by atoms with Crippen LogP contribution in [0, 0.1) is 0 Å². The minimum absolute atomic E-state index is 0.0404. The van der Waals surface area contributed by atoms with Gasteiger partial charge >= 0.3 is 12.0 Å². The second-order valence-electron chi connectivity index (χ2n) is 4.64. The van der Waals surface area contributed by atoms with Crippen LogP contribution in [-0.4, -0.2) is 46.3 Å². The summed E-state index contributed by atoms with van der Waals surface area (Å²) >= 11 is 3.25. The number of rotatable bonds is 2. The van der Waals surface area contributed by atoms with Crippen molar-refractivity contribution in [3.8, 4) is 0 Å². The van der Waals surface area contributed by atoms with Crippen molar-refractivity contribution in [3.63, 3.8) is 0 Å². The Hall–Kier alpha value is -1.60. The molecule has 0 radical (unpaired) electrons. The molecule has 2 amide bonds. The van der Waals surface area contributed by atoms with Gasteiger partial charge in [0.2, 0.25) is 0 Å². The van der Waals surface area contributed by atoms with Crippen LogP contribution in [0.1, 0.15) is 23.2 Å². The van der Waals surface area contributed by atoms with Gasteiger partial charge in [-0.1, -0.05) is 15.9 Å². The fraction of sp³-hybridized carbons (Fsp3) is 0.385. The third kappa shape index (κ3) is 3.49. The molecule has 108 valence electrons. The summed E-state index contributed by atoms with van der Waals surface area (Å²) in [6.45, 7) is 0.923. The van der Waals surface area contributed by atoms with Crippen molar-refractivity contribution < 1.29 is 19.8 Å².